The van der Waals surface area contributed by atoms with Gasteiger partial charge in [-0.25, -0.2) is 39.4 Å². The highest BCUT2D eigenvalue weighted by atomic mass is 32.2. The first-order valence-corrected chi connectivity index (χ1v) is 23.1. The smallest absolute Gasteiger partial charge is 0.308 e. The molecule has 0 aliphatic heterocycles. The van der Waals surface area contributed by atoms with Crippen molar-refractivity contribution in [2.24, 2.45) is 0 Å². The van der Waals surface area contributed by atoms with Gasteiger partial charge in [-0.3, -0.25) is 19.2 Å². The standard InChI is InChI=1S/C40H49N5O11S3/c1-24(2)32(47)12-8-9-19-43-57(50,51)34-22-33(56-27(7)46)28-13-14-30-35(58(52,53)44-20-10-17-41-39(48)25(3)4)23-36(31-16-15-29(34)37(28)38(30)31)59(54,55)45-21-11-18-42-40(49)26(5)6/h13-16,22-23,43-45H,1,3,5,8-12,17-21H2,2,4,6-7H3,(H,41,48)(H,42,49). The van der Waals surface area contributed by atoms with Crippen LogP contribution in [0.4, 0.5) is 0 Å². The number of hydrogen-bond acceptors (Lipinski definition) is 11. The fraction of sp³-hybridized carbons (Fsp3) is 0.350. The molecule has 318 valence electrons. The first-order valence-electron chi connectivity index (χ1n) is 18.6. The average Bonchev–Trinajstić information content (AvgIpc) is 3.15. The van der Waals surface area contributed by atoms with Crippen molar-refractivity contribution in [3.8, 4) is 5.75 Å². The number of carbonyl (C=O) groups is 4. The van der Waals surface area contributed by atoms with E-state index in [1.165, 1.54) is 44.2 Å². The van der Waals surface area contributed by atoms with Crippen molar-refractivity contribution in [1.82, 2.24) is 24.8 Å². The first-order chi connectivity index (χ1) is 27.6. The minimum Gasteiger partial charge on any atom is -0.426 e. The zero-order valence-corrected chi connectivity index (χ0v) is 35.8. The Labute approximate surface area is 344 Å². The van der Waals surface area contributed by atoms with E-state index in [0.717, 1.165) is 13.0 Å². The van der Waals surface area contributed by atoms with Crippen LogP contribution in [0.15, 0.2) is 87.5 Å². The lowest BCUT2D eigenvalue weighted by molar-refractivity contribution is -0.131. The Morgan fingerprint density at radius 3 is 1.32 bits per heavy atom. The summed E-state index contributed by atoms with van der Waals surface area (Å²) >= 11 is 0. The van der Waals surface area contributed by atoms with Gasteiger partial charge in [-0.1, -0.05) is 37.9 Å². The third kappa shape index (κ3) is 11.4. The second-order valence-electron chi connectivity index (χ2n) is 14.0. The maximum absolute atomic E-state index is 14.1. The molecule has 4 rings (SSSR count). The maximum atomic E-state index is 14.1. The van der Waals surface area contributed by atoms with Crippen LogP contribution < -0.4 is 29.5 Å². The summed E-state index contributed by atoms with van der Waals surface area (Å²) in [4.78, 5) is 46.9. The number of ketones is 1. The van der Waals surface area contributed by atoms with Gasteiger partial charge in [0.25, 0.3) is 0 Å². The first kappa shape index (κ1) is 46.6. The number of nitrogens with one attached hydrogen (secondary N) is 5. The number of rotatable bonds is 23. The van der Waals surface area contributed by atoms with Crippen molar-refractivity contribution in [2.45, 2.75) is 74.5 Å². The fourth-order valence-corrected chi connectivity index (χ4v) is 10.1. The second-order valence-corrected chi connectivity index (χ2v) is 19.3. The predicted molar refractivity (Wildman–Crippen MR) is 226 cm³/mol. The van der Waals surface area contributed by atoms with E-state index in [1.54, 1.807) is 6.92 Å². The molecule has 0 radical (unpaired) electrons. The Balaban J connectivity index is 1.89. The second kappa shape index (κ2) is 19.3. The molecule has 16 nitrogen and oxygen atoms in total. The van der Waals surface area contributed by atoms with Gasteiger partial charge >= 0.3 is 5.97 Å². The van der Waals surface area contributed by atoms with Crippen LogP contribution in [0, 0.1) is 0 Å². The lowest BCUT2D eigenvalue weighted by Gasteiger charge is -2.21. The van der Waals surface area contributed by atoms with Crippen LogP contribution in [0.25, 0.3) is 32.3 Å². The molecule has 5 N–H and O–H groups in total. The Morgan fingerprint density at radius 1 is 0.525 bits per heavy atom. The van der Waals surface area contributed by atoms with Gasteiger partial charge in [0, 0.05) is 95.6 Å². The molecule has 0 aromatic heterocycles. The van der Waals surface area contributed by atoms with E-state index < -0.39 is 57.6 Å². The summed E-state index contributed by atoms with van der Waals surface area (Å²) in [7, 11) is -13.4. The Hall–Kier alpha value is -5.05. The third-order valence-electron chi connectivity index (χ3n) is 9.11. The number of allylic oxidation sites excluding steroid dienone is 1. The number of esters is 1. The topological polar surface area (TPSA) is 240 Å². The molecular weight excluding hydrogens is 823 g/mol. The molecule has 0 fully saturated rings. The molecule has 0 saturated heterocycles. The summed E-state index contributed by atoms with van der Waals surface area (Å²) in [6, 6.07) is 7.86. The third-order valence-corrected chi connectivity index (χ3v) is 13.6. The maximum Gasteiger partial charge on any atom is 0.308 e. The Bertz CT molecular complexity index is 2610. The molecule has 19 heteroatoms. The molecule has 0 unspecified atom stereocenters. The number of benzene rings is 4. The van der Waals surface area contributed by atoms with E-state index in [0.29, 0.717) is 18.4 Å². The van der Waals surface area contributed by atoms with Gasteiger partial charge in [-0.2, -0.15) is 0 Å². The highest BCUT2D eigenvalue weighted by Gasteiger charge is 2.30. The van der Waals surface area contributed by atoms with Crippen LogP contribution in [0.3, 0.4) is 0 Å². The minimum atomic E-state index is -4.50. The van der Waals surface area contributed by atoms with Gasteiger partial charge in [0.2, 0.25) is 41.9 Å². The molecular formula is C40H49N5O11S3. The predicted octanol–water partition coefficient (Wildman–Crippen LogP) is 3.82. The van der Waals surface area contributed by atoms with E-state index >= 15 is 0 Å². The van der Waals surface area contributed by atoms with Gasteiger partial charge in [-0.15, -0.1) is 0 Å². The van der Waals surface area contributed by atoms with Crippen molar-refractivity contribution >= 4 is 86.0 Å². The van der Waals surface area contributed by atoms with Crippen molar-refractivity contribution in [2.75, 3.05) is 32.7 Å². The van der Waals surface area contributed by atoms with Crippen LogP contribution >= 0.6 is 0 Å². The zero-order valence-electron chi connectivity index (χ0n) is 33.4. The molecule has 4 aromatic rings. The van der Waals surface area contributed by atoms with Crippen LogP contribution in [0.1, 0.15) is 59.8 Å². The molecule has 0 spiro atoms. The van der Waals surface area contributed by atoms with Crippen molar-refractivity contribution in [1.29, 1.82) is 0 Å². The number of Topliss-reactive ketones (excluding diaryl/α,β-unsaturated/α-hetero) is 1. The monoisotopic (exact) mass is 871 g/mol. The Morgan fingerprint density at radius 2 is 0.915 bits per heavy atom. The van der Waals surface area contributed by atoms with Crippen LogP contribution in [-0.2, 0) is 49.2 Å². The largest absolute Gasteiger partial charge is 0.426 e. The van der Waals surface area contributed by atoms with Gasteiger partial charge in [0.05, 0.1) is 14.7 Å². The van der Waals surface area contributed by atoms with E-state index in [2.05, 4.69) is 44.5 Å². The molecule has 2 amide bonds. The van der Waals surface area contributed by atoms with Crippen LogP contribution in [-0.4, -0.2) is 81.5 Å². The van der Waals surface area contributed by atoms with Crippen molar-refractivity contribution in [3.05, 3.63) is 72.9 Å². The average molecular weight is 872 g/mol. The van der Waals surface area contributed by atoms with E-state index in [1.807, 2.05) is 0 Å². The molecule has 4 aromatic carbocycles. The number of sulfonamides is 3. The molecule has 0 heterocycles. The SMILES string of the molecule is C=C(C)C(=O)CCCCNS(=O)(=O)c1cc(OC(C)=O)c2ccc3c(S(=O)(=O)NCCCNC(=O)C(=C)C)cc(S(=O)(=O)NCCCNC(=O)C(=C)C)c4ccc1c2c34. The summed E-state index contributed by atoms with van der Waals surface area (Å²) < 4.78 is 97.3. The number of carbonyl (C=O) groups excluding carboxylic acids is 4. The number of amides is 2. The van der Waals surface area contributed by atoms with Crippen LogP contribution in [0.5, 0.6) is 5.75 Å². The van der Waals surface area contributed by atoms with E-state index in [4.69, 9.17) is 4.74 Å². The van der Waals surface area contributed by atoms with Crippen molar-refractivity contribution < 1.29 is 49.2 Å². The summed E-state index contributed by atoms with van der Waals surface area (Å²) in [5.41, 5.74) is 0.937. The van der Waals surface area contributed by atoms with Gasteiger partial charge in [0.1, 0.15) is 5.75 Å². The molecule has 0 saturated carbocycles. The number of ether oxygens (including phenoxy) is 1. The van der Waals surface area contributed by atoms with Crippen LogP contribution in [0.2, 0.25) is 0 Å². The van der Waals surface area contributed by atoms with Crippen molar-refractivity contribution in [3.63, 3.8) is 0 Å². The number of hydrogen-bond donors (Lipinski definition) is 5. The number of unbranched alkanes of at least 4 members (excludes halogenated alkanes) is 1. The summed E-state index contributed by atoms with van der Waals surface area (Å²) in [6.45, 7) is 16.4. The lowest BCUT2D eigenvalue weighted by atomic mass is 9.93. The molecule has 0 aliphatic carbocycles. The van der Waals surface area contributed by atoms with E-state index in [-0.39, 0.29) is 112 Å². The van der Waals surface area contributed by atoms with E-state index in [9.17, 15) is 44.4 Å². The highest BCUT2D eigenvalue weighted by Crippen LogP contribution is 2.45. The summed E-state index contributed by atoms with van der Waals surface area (Å²) in [5.74, 6) is -1.90. The lowest BCUT2D eigenvalue weighted by Crippen LogP contribution is -2.31. The minimum absolute atomic E-state index is 0.0427. The molecule has 0 bridgehead atoms. The molecule has 0 aliphatic rings. The zero-order chi connectivity index (χ0) is 43.9. The van der Waals surface area contributed by atoms with Gasteiger partial charge < -0.3 is 15.4 Å². The summed E-state index contributed by atoms with van der Waals surface area (Å²) in [5, 5.41) is 5.77. The van der Waals surface area contributed by atoms with Gasteiger partial charge in [0.15, 0.2) is 5.78 Å². The Kier molecular flexibility index (Phi) is 15.3. The quantitative estimate of drug-likeness (QED) is 0.0236. The van der Waals surface area contributed by atoms with Gasteiger partial charge in [-0.05, 0) is 64.2 Å². The fourth-order valence-electron chi connectivity index (χ4n) is 6.13. The molecule has 0 atom stereocenters. The molecule has 59 heavy (non-hydrogen) atoms. The normalized spacial score (nSPS) is 12.1. The summed E-state index contributed by atoms with van der Waals surface area (Å²) in [6.07, 6.45) is 1.22. The highest BCUT2D eigenvalue weighted by molar-refractivity contribution is 7.90.